The van der Waals surface area contributed by atoms with E-state index in [1.54, 1.807) is 4.74 Å². The summed E-state index contributed by atoms with van der Waals surface area (Å²) < 4.78 is 243. The first kappa shape index (κ1) is 34.2. The van der Waals surface area contributed by atoms with E-state index in [1.165, 1.54) is 6.92 Å². The second kappa shape index (κ2) is 10.9. The number of halogens is 18. The van der Waals surface area contributed by atoms with Crippen molar-refractivity contribution in [3.8, 4) is 0 Å². The lowest BCUT2D eigenvalue weighted by Gasteiger charge is -2.40. The van der Waals surface area contributed by atoms with Crippen LogP contribution in [0.15, 0.2) is 12.1 Å². The number of ether oxygens (including phenoxy) is 3. The van der Waals surface area contributed by atoms with Crippen molar-refractivity contribution in [1.82, 2.24) is 0 Å². The molecule has 0 aromatic heterocycles. The van der Waals surface area contributed by atoms with Gasteiger partial charge < -0.3 is 9.47 Å². The molecule has 21 heteroatoms. The number of hydrogen-bond acceptors (Lipinski definition) is 3. The lowest BCUT2D eigenvalue weighted by Crippen LogP contribution is -2.71. The number of unbranched alkanes of at least 4 members (excludes halogenated alkanes) is 2. The molecule has 0 aliphatic rings. The normalized spacial score (nSPS) is 15.6. The third-order valence-corrected chi connectivity index (χ3v) is 3.84. The molecule has 1 unspecified atom stereocenters. The van der Waals surface area contributed by atoms with Crippen LogP contribution >= 0.6 is 0 Å². The van der Waals surface area contributed by atoms with Crippen molar-refractivity contribution in [3.63, 3.8) is 0 Å². The van der Waals surface area contributed by atoms with E-state index in [4.69, 9.17) is 0 Å². The summed E-state index contributed by atoms with van der Waals surface area (Å²) in [4.78, 5) is 0. The first-order valence-corrected chi connectivity index (χ1v) is 8.77. The van der Waals surface area contributed by atoms with Gasteiger partial charge in [0.1, 0.15) is 0 Å². The Morgan fingerprint density at radius 2 is 1.06 bits per heavy atom. The highest BCUT2D eigenvalue weighted by molar-refractivity contribution is 5.09. The molecule has 0 spiro atoms. The van der Waals surface area contributed by atoms with Crippen LogP contribution in [0.1, 0.15) is 26.2 Å². The van der Waals surface area contributed by atoms with Gasteiger partial charge in [-0.05, 0) is 6.42 Å². The van der Waals surface area contributed by atoms with Gasteiger partial charge in [0.25, 0.3) is 6.36 Å². The van der Waals surface area contributed by atoms with E-state index in [-0.39, 0.29) is 12.8 Å². The van der Waals surface area contributed by atoms with Gasteiger partial charge in [-0.2, -0.15) is 74.6 Å². The summed E-state index contributed by atoms with van der Waals surface area (Å²) in [6.45, 7) is 0.322. The fraction of sp³-hybridized carbons (Fsp3) is 0.867. The first-order chi connectivity index (χ1) is 15.8. The van der Waals surface area contributed by atoms with E-state index in [1.807, 2.05) is 4.74 Å². The lowest BCUT2D eigenvalue weighted by atomic mass is 9.97. The molecule has 0 amide bonds. The molecular weight excluding hydrogens is 570 g/mol. The van der Waals surface area contributed by atoms with E-state index in [2.05, 4.69) is 4.74 Å². The third-order valence-electron chi connectivity index (χ3n) is 3.84. The van der Waals surface area contributed by atoms with Crippen molar-refractivity contribution in [3.05, 3.63) is 12.1 Å². The Labute approximate surface area is 187 Å². The molecule has 0 saturated heterocycles. The Hall–Kier alpha value is -1.80. The molecule has 0 aromatic rings. The molecule has 0 saturated carbocycles. The summed E-state index contributed by atoms with van der Waals surface area (Å²) in [7, 11) is 0. The smallest absolute Gasteiger partial charge is 0.397 e. The quantitative estimate of drug-likeness (QED) is 0.112. The summed E-state index contributed by atoms with van der Waals surface area (Å²) >= 11 is 0. The van der Waals surface area contributed by atoms with Crippen molar-refractivity contribution in [2.24, 2.45) is 0 Å². The zero-order valence-electron chi connectivity index (χ0n) is 16.9. The fourth-order valence-corrected chi connectivity index (χ4v) is 1.87. The van der Waals surface area contributed by atoms with Crippen LogP contribution in [0.25, 0.3) is 0 Å². The maximum absolute atomic E-state index is 13.5. The van der Waals surface area contributed by atoms with Crippen molar-refractivity contribution >= 4 is 0 Å². The highest BCUT2D eigenvalue weighted by Crippen LogP contribution is 2.61. The molecule has 0 N–H and O–H groups in total. The summed E-state index contributed by atoms with van der Waals surface area (Å²) in [5.74, 6) is -33.4. The Morgan fingerprint density at radius 3 is 1.44 bits per heavy atom. The van der Waals surface area contributed by atoms with Gasteiger partial charge in [-0.1, -0.05) is 19.8 Å². The standard InChI is InChI=1S/C15H12F18O3/c1-2-3-4-5-34-9(20,21)8(19)36-15(32,33)13(28,29)11(24,25)10(22,23)12(26,27)14(30,31)35-7(18)6(16)17/h8H,2-5H2,1H3. The number of hydrogen-bond donors (Lipinski definition) is 0. The van der Waals surface area contributed by atoms with E-state index < -0.39 is 67.1 Å². The van der Waals surface area contributed by atoms with Crippen molar-refractivity contribution in [2.75, 3.05) is 6.61 Å². The predicted octanol–water partition coefficient (Wildman–Crippen LogP) is 7.88. The minimum Gasteiger partial charge on any atom is -0.397 e. The zero-order valence-corrected chi connectivity index (χ0v) is 16.9. The van der Waals surface area contributed by atoms with Gasteiger partial charge in [0, 0.05) is 0 Å². The van der Waals surface area contributed by atoms with Crippen LogP contribution in [0.4, 0.5) is 79.0 Å². The number of alkyl halides is 15. The highest BCUT2D eigenvalue weighted by atomic mass is 19.4. The largest absolute Gasteiger partial charge is 0.472 e. The van der Waals surface area contributed by atoms with Crippen LogP contribution < -0.4 is 0 Å². The topological polar surface area (TPSA) is 27.7 Å². The SMILES string of the molecule is CCCCCOC(F)(F)C(F)OC(F)(F)C(F)(F)C(F)(F)C(F)(F)C(F)(F)C(F)(F)OC(F)=C(F)F. The van der Waals surface area contributed by atoms with Gasteiger partial charge in [0.2, 0.25) is 0 Å². The zero-order chi connectivity index (χ0) is 29.2. The van der Waals surface area contributed by atoms with Crippen LogP contribution in [0.3, 0.4) is 0 Å². The van der Waals surface area contributed by atoms with Gasteiger partial charge in [-0.25, -0.2) is 4.39 Å². The molecule has 0 rings (SSSR count). The maximum Gasteiger partial charge on any atom is 0.472 e. The predicted molar refractivity (Wildman–Crippen MR) is 77.5 cm³/mol. The van der Waals surface area contributed by atoms with Crippen molar-refractivity contribution in [2.45, 2.75) is 74.6 Å². The van der Waals surface area contributed by atoms with Crippen LogP contribution in [-0.4, -0.2) is 55.0 Å². The molecule has 0 heterocycles. The second-order valence-electron chi connectivity index (χ2n) is 6.52. The van der Waals surface area contributed by atoms with Crippen LogP contribution in [0.2, 0.25) is 0 Å². The average molecular weight is 582 g/mol. The van der Waals surface area contributed by atoms with Gasteiger partial charge in [0.15, 0.2) is 0 Å². The van der Waals surface area contributed by atoms with E-state index >= 15 is 0 Å². The Kier molecular flexibility index (Phi) is 10.4. The summed E-state index contributed by atoms with van der Waals surface area (Å²) in [6.07, 6.45) is -29.9. The lowest BCUT2D eigenvalue weighted by molar-refractivity contribution is -0.491. The van der Waals surface area contributed by atoms with Crippen LogP contribution in [-0.2, 0) is 14.2 Å². The molecule has 0 fully saturated rings. The molecule has 0 aromatic carbocycles. The highest BCUT2D eigenvalue weighted by Gasteiger charge is 2.92. The Bertz CT molecular complexity index is 761. The average Bonchev–Trinajstić information content (AvgIpc) is 2.69. The summed E-state index contributed by atoms with van der Waals surface area (Å²) in [5.41, 5.74) is 0. The molecule has 0 radical (unpaired) electrons. The maximum atomic E-state index is 13.5. The molecular formula is C15H12F18O3. The molecule has 36 heavy (non-hydrogen) atoms. The van der Waals surface area contributed by atoms with Crippen LogP contribution in [0.5, 0.6) is 0 Å². The van der Waals surface area contributed by atoms with Crippen molar-refractivity contribution < 1.29 is 93.2 Å². The molecule has 0 aliphatic carbocycles. The van der Waals surface area contributed by atoms with Crippen LogP contribution in [0, 0.1) is 0 Å². The second-order valence-corrected chi connectivity index (χ2v) is 6.52. The van der Waals surface area contributed by atoms with Gasteiger partial charge >= 0.3 is 54.1 Å². The monoisotopic (exact) mass is 582 g/mol. The van der Waals surface area contributed by atoms with E-state index in [9.17, 15) is 79.0 Å². The molecule has 0 bridgehead atoms. The van der Waals surface area contributed by atoms with E-state index in [0.717, 1.165) is 0 Å². The molecule has 0 aliphatic heterocycles. The van der Waals surface area contributed by atoms with Gasteiger partial charge in [0.05, 0.1) is 6.61 Å². The minimum absolute atomic E-state index is 0.101. The Balaban J connectivity index is 6.16. The third kappa shape index (κ3) is 6.36. The van der Waals surface area contributed by atoms with Gasteiger partial charge in [-0.15, -0.1) is 0 Å². The molecule has 1 atom stereocenters. The summed E-state index contributed by atoms with van der Waals surface area (Å²) in [5, 5.41) is 0. The van der Waals surface area contributed by atoms with E-state index in [0.29, 0.717) is 6.42 Å². The first-order valence-electron chi connectivity index (χ1n) is 8.77. The summed E-state index contributed by atoms with van der Waals surface area (Å²) in [6, 6.07) is -4.10. The minimum atomic E-state index is -8.48. The molecule has 3 nitrogen and oxygen atoms in total. The van der Waals surface area contributed by atoms with Crippen molar-refractivity contribution in [1.29, 1.82) is 0 Å². The van der Waals surface area contributed by atoms with Gasteiger partial charge in [-0.3, -0.25) is 4.74 Å². The molecule has 216 valence electrons. The Morgan fingerprint density at radius 1 is 0.639 bits per heavy atom. The number of rotatable bonds is 15. The fourth-order valence-electron chi connectivity index (χ4n) is 1.87.